The van der Waals surface area contributed by atoms with E-state index in [4.69, 9.17) is 5.26 Å². The minimum atomic E-state index is -0.849. The molecule has 33 heavy (non-hydrogen) atoms. The number of rotatable bonds is 10. The van der Waals surface area contributed by atoms with Crippen LogP contribution in [0.25, 0.3) is 10.9 Å². The molecule has 1 aromatic carbocycles. The lowest BCUT2D eigenvalue weighted by Gasteiger charge is -2.30. The molecular weight excluding hydrogens is 420 g/mol. The van der Waals surface area contributed by atoms with Crippen LogP contribution in [0.15, 0.2) is 24.3 Å². The van der Waals surface area contributed by atoms with Gasteiger partial charge < -0.3 is 16.0 Å². The fourth-order valence-electron chi connectivity index (χ4n) is 3.58. The molecule has 1 aliphatic carbocycles. The largest absolute Gasteiger partial charge is 0.352 e. The third-order valence-electron chi connectivity index (χ3n) is 5.55. The summed E-state index contributed by atoms with van der Waals surface area (Å²) in [6.45, 7) is 6.03. The van der Waals surface area contributed by atoms with Crippen LogP contribution in [0.2, 0.25) is 0 Å². The fraction of sp³-hybridized carbons (Fsp3) is 0.542. The van der Waals surface area contributed by atoms with E-state index in [2.05, 4.69) is 27.1 Å². The molecule has 9 heteroatoms. The molecule has 3 amide bonds. The molecule has 1 atom stereocenters. The van der Waals surface area contributed by atoms with E-state index in [1.165, 1.54) is 0 Å². The maximum absolute atomic E-state index is 13.2. The Morgan fingerprint density at radius 2 is 1.94 bits per heavy atom. The van der Waals surface area contributed by atoms with E-state index in [0.29, 0.717) is 18.4 Å². The summed E-state index contributed by atoms with van der Waals surface area (Å²) in [6.07, 6.45) is 3.95. The van der Waals surface area contributed by atoms with E-state index in [1.807, 2.05) is 45.0 Å². The van der Waals surface area contributed by atoms with Gasteiger partial charge in [0, 0.05) is 24.4 Å². The number of aromatic nitrogens is 2. The molecule has 1 saturated carbocycles. The van der Waals surface area contributed by atoms with Crippen LogP contribution >= 0.6 is 0 Å². The number of benzene rings is 1. The molecule has 0 spiro atoms. The van der Waals surface area contributed by atoms with Crippen molar-refractivity contribution >= 4 is 28.6 Å². The number of nitrogens with zero attached hydrogens (tertiary/aromatic N) is 3. The normalized spacial score (nSPS) is 14.4. The van der Waals surface area contributed by atoms with E-state index >= 15 is 0 Å². The molecule has 0 aliphatic heterocycles. The zero-order chi connectivity index (χ0) is 24.0. The molecule has 2 aromatic rings. The number of carbonyl (C=O) groups is 3. The molecule has 9 nitrogen and oxygen atoms in total. The average Bonchev–Trinajstić information content (AvgIpc) is 3.51. The van der Waals surface area contributed by atoms with Crippen LogP contribution in [0, 0.1) is 16.7 Å². The molecule has 1 aromatic heterocycles. The molecular formula is C24H32N6O3. The average molecular weight is 453 g/mol. The minimum absolute atomic E-state index is 0.127. The Morgan fingerprint density at radius 1 is 1.21 bits per heavy atom. The molecule has 1 fully saturated rings. The molecule has 0 saturated heterocycles. The van der Waals surface area contributed by atoms with Crippen molar-refractivity contribution in [3.05, 3.63) is 30.0 Å². The smallest absolute Gasteiger partial charge is 0.273 e. The van der Waals surface area contributed by atoms with Crippen molar-refractivity contribution in [2.45, 2.75) is 71.5 Å². The summed E-state index contributed by atoms with van der Waals surface area (Å²) in [5.41, 5.74) is 0.495. The van der Waals surface area contributed by atoms with Crippen molar-refractivity contribution in [2.75, 3.05) is 6.54 Å². The number of unbranched alkanes of at least 4 members (excludes halogenated alkanes) is 2. The number of hydrogen-bond donors (Lipinski definition) is 3. The zero-order valence-electron chi connectivity index (χ0n) is 19.5. The zero-order valence-corrected chi connectivity index (χ0v) is 19.5. The van der Waals surface area contributed by atoms with Crippen molar-refractivity contribution in [3.63, 3.8) is 0 Å². The first-order chi connectivity index (χ1) is 15.7. The lowest BCUT2D eigenvalue weighted by molar-refractivity contribution is -0.128. The van der Waals surface area contributed by atoms with Crippen LogP contribution in [0.3, 0.4) is 0 Å². The number of hydrogen-bond acceptors (Lipinski definition) is 5. The van der Waals surface area contributed by atoms with Crippen LogP contribution in [0.1, 0.15) is 63.4 Å². The fourth-order valence-corrected chi connectivity index (χ4v) is 3.58. The molecule has 0 unspecified atom stereocenters. The monoisotopic (exact) mass is 452 g/mol. The molecule has 0 bridgehead atoms. The third kappa shape index (κ3) is 6.54. The number of para-hydroxylation sites is 1. The van der Waals surface area contributed by atoms with E-state index in [-0.39, 0.29) is 24.2 Å². The van der Waals surface area contributed by atoms with Crippen LogP contribution in [0.5, 0.6) is 0 Å². The first-order valence-corrected chi connectivity index (χ1v) is 11.4. The maximum atomic E-state index is 13.2. The van der Waals surface area contributed by atoms with E-state index in [1.54, 1.807) is 4.68 Å². The Bertz CT molecular complexity index is 1060. The van der Waals surface area contributed by atoms with Gasteiger partial charge in [0.25, 0.3) is 5.91 Å². The summed E-state index contributed by atoms with van der Waals surface area (Å²) in [5, 5.41) is 22.3. The molecule has 1 heterocycles. The number of aryl methyl sites for hydroxylation is 1. The predicted octanol–water partition coefficient (Wildman–Crippen LogP) is 2.27. The Morgan fingerprint density at radius 3 is 2.61 bits per heavy atom. The summed E-state index contributed by atoms with van der Waals surface area (Å²) in [6, 6.07) is 8.96. The highest BCUT2D eigenvalue weighted by Gasteiger charge is 2.34. The Kier molecular flexibility index (Phi) is 7.69. The van der Waals surface area contributed by atoms with Crippen LogP contribution in [0.4, 0.5) is 0 Å². The van der Waals surface area contributed by atoms with Crippen LogP contribution < -0.4 is 16.0 Å². The second kappa shape index (κ2) is 10.5. The Labute approximate surface area is 193 Å². The summed E-state index contributed by atoms with van der Waals surface area (Å²) in [5.74, 6) is -1.09. The summed E-state index contributed by atoms with van der Waals surface area (Å²) >= 11 is 0. The number of carbonyl (C=O) groups excluding carboxylic acids is 3. The highest BCUT2D eigenvalue weighted by atomic mass is 16.2. The van der Waals surface area contributed by atoms with Gasteiger partial charge in [-0.1, -0.05) is 39.0 Å². The molecule has 3 rings (SSSR count). The van der Waals surface area contributed by atoms with Gasteiger partial charge in [0.1, 0.15) is 6.04 Å². The van der Waals surface area contributed by atoms with E-state index in [9.17, 15) is 14.4 Å². The molecule has 176 valence electrons. The molecule has 3 N–H and O–H groups in total. The minimum Gasteiger partial charge on any atom is -0.352 e. The topological polar surface area (TPSA) is 129 Å². The first kappa shape index (κ1) is 24.2. The van der Waals surface area contributed by atoms with Gasteiger partial charge >= 0.3 is 0 Å². The van der Waals surface area contributed by atoms with Gasteiger partial charge in [0.2, 0.25) is 11.8 Å². The maximum Gasteiger partial charge on any atom is 0.273 e. The number of nitriles is 1. The SMILES string of the molecule is CC(C)(C)[C@H](NC(=O)c1nn(CCCCC#N)c2ccccc12)C(=O)NCC(=O)NC1CC1. The number of nitrogens with one attached hydrogen (secondary N) is 3. The quantitative estimate of drug-likeness (QED) is 0.476. The van der Waals surface area contributed by atoms with Gasteiger partial charge in [0.15, 0.2) is 5.69 Å². The summed E-state index contributed by atoms with van der Waals surface area (Å²) in [4.78, 5) is 38.0. The predicted molar refractivity (Wildman–Crippen MR) is 124 cm³/mol. The molecule has 0 radical (unpaired) electrons. The summed E-state index contributed by atoms with van der Waals surface area (Å²) < 4.78 is 1.77. The Hall–Kier alpha value is -3.41. The van der Waals surface area contributed by atoms with Gasteiger partial charge in [-0.15, -0.1) is 0 Å². The number of amides is 3. The summed E-state index contributed by atoms with van der Waals surface area (Å²) in [7, 11) is 0. The number of fused-ring (bicyclic) bond motifs is 1. The standard InChI is InChI=1S/C24H32N6O3/c1-24(2,3)21(23(33)26-15-19(31)27-16-11-12-16)28-22(32)20-17-9-5-6-10-18(17)30(29-20)14-8-4-7-13-25/h5-6,9-10,16,21H,4,7-8,11-12,14-15H2,1-3H3,(H,26,33)(H,27,31)(H,28,32)/t21-/m1/s1. The molecule has 1 aliphatic rings. The lowest BCUT2D eigenvalue weighted by atomic mass is 9.86. The highest BCUT2D eigenvalue weighted by molar-refractivity contribution is 6.06. The highest BCUT2D eigenvalue weighted by Crippen LogP contribution is 2.23. The first-order valence-electron chi connectivity index (χ1n) is 11.4. The van der Waals surface area contributed by atoms with Crippen LogP contribution in [-0.4, -0.2) is 46.1 Å². The van der Waals surface area contributed by atoms with Gasteiger partial charge in [-0.3, -0.25) is 19.1 Å². The Balaban J connectivity index is 1.72. The van der Waals surface area contributed by atoms with E-state index < -0.39 is 23.3 Å². The van der Waals surface area contributed by atoms with Crippen molar-refractivity contribution in [2.24, 2.45) is 5.41 Å². The van der Waals surface area contributed by atoms with Crippen molar-refractivity contribution in [3.8, 4) is 6.07 Å². The van der Waals surface area contributed by atoms with E-state index in [0.717, 1.165) is 31.2 Å². The third-order valence-corrected chi connectivity index (χ3v) is 5.55. The second-order valence-electron chi connectivity index (χ2n) is 9.54. The van der Waals surface area contributed by atoms with Crippen molar-refractivity contribution in [1.29, 1.82) is 5.26 Å². The van der Waals surface area contributed by atoms with Crippen molar-refractivity contribution in [1.82, 2.24) is 25.7 Å². The second-order valence-corrected chi connectivity index (χ2v) is 9.54. The van der Waals surface area contributed by atoms with Gasteiger partial charge in [0.05, 0.1) is 18.1 Å². The lowest BCUT2D eigenvalue weighted by Crippen LogP contribution is -2.55. The van der Waals surface area contributed by atoms with Gasteiger partial charge in [-0.25, -0.2) is 0 Å². The van der Waals surface area contributed by atoms with Crippen molar-refractivity contribution < 1.29 is 14.4 Å². The van der Waals surface area contributed by atoms with Gasteiger partial charge in [-0.2, -0.15) is 10.4 Å². The van der Waals surface area contributed by atoms with Crippen LogP contribution in [-0.2, 0) is 16.1 Å². The van der Waals surface area contributed by atoms with Gasteiger partial charge in [-0.05, 0) is 37.2 Å².